The summed E-state index contributed by atoms with van der Waals surface area (Å²) in [6.45, 7) is 2.02. The summed E-state index contributed by atoms with van der Waals surface area (Å²) in [7, 11) is 3.07. The third kappa shape index (κ3) is 3.34. The lowest BCUT2D eigenvalue weighted by Gasteiger charge is -2.16. The molecule has 1 amide bonds. The normalized spacial score (nSPS) is 11.2. The standard InChI is InChI=1S/C18H19N3O4S/c1-9-4-6-10(7-5-9)12-8-11(16(23-2)24-3)13-14(19)17(25-18(20)22)26-15(13)21-12/h4-8,16H,19H2,1-3H3,(H2,20,22). The number of ether oxygens (including phenoxy) is 3. The van der Waals surface area contributed by atoms with Gasteiger partial charge in [0.15, 0.2) is 6.29 Å². The van der Waals surface area contributed by atoms with Crippen LogP contribution in [0.15, 0.2) is 30.3 Å². The van der Waals surface area contributed by atoms with Crippen molar-refractivity contribution >= 4 is 33.3 Å². The van der Waals surface area contributed by atoms with Gasteiger partial charge in [-0.25, -0.2) is 9.78 Å². The highest BCUT2D eigenvalue weighted by atomic mass is 32.1. The van der Waals surface area contributed by atoms with E-state index in [1.165, 1.54) is 14.2 Å². The molecule has 2 aromatic heterocycles. The van der Waals surface area contributed by atoms with E-state index in [4.69, 9.17) is 25.7 Å². The molecule has 0 fully saturated rings. The van der Waals surface area contributed by atoms with E-state index in [0.717, 1.165) is 28.2 Å². The van der Waals surface area contributed by atoms with Gasteiger partial charge in [0.25, 0.3) is 0 Å². The minimum absolute atomic E-state index is 0.202. The van der Waals surface area contributed by atoms with Gasteiger partial charge in [0, 0.05) is 30.7 Å². The maximum Gasteiger partial charge on any atom is 0.410 e. The first kappa shape index (κ1) is 18.1. The molecule has 3 aromatic rings. The number of hydrogen-bond donors (Lipinski definition) is 2. The van der Waals surface area contributed by atoms with E-state index in [2.05, 4.69) is 4.98 Å². The number of nitrogens with zero attached hydrogens (tertiary/aromatic N) is 1. The second-order valence-corrected chi connectivity index (χ2v) is 6.63. The molecule has 0 aliphatic rings. The molecular formula is C18H19N3O4S. The molecule has 3 rings (SSSR count). The SMILES string of the molecule is COC(OC)c1cc(-c2ccc(C)cc2)nc2sc(OC(N)=O)c(N)c12. The summed E-state index contributed by atoms with van der Waals surface area (Å²) in [5.74, 6) is 0. The number of carbonyl (C=O) groups excluding carboxylic acids is 1. The van der Waals surface area contributed by atoms with E-state index in [-0.39, 0.29) is 10.8 Å². The van der Waals surface area contributed by atoms with E-state index in [9.17, 15) is 4.79 Å². The maximum absolute atomic E-state index is 11.1. The highest BCUT2D eigenvalue weighted by Crippen LogP contribution is 2.44. The van der Waals surface area contributed by atoms with Crippen LogP contribution in [0.1, 0.15) is 17.4 Å². The van der Waals surface area contributed by atoms with Gasteiger partial charge in [-0.1, -0.05) is 41.2 Å². The molecule has 4 N–H and O–H groups in total. The van der Waals surface area contributed by atoms with Crippen molar-refractivity contribution in [3.8, 4) is 16.3 Å². The molecule has 0 radical (unpaired) electrons. The van der Waals surface area contributed by atoms with Gasteiger partial charge in [0.05, 0.1) is 11.4 Å². The Labute approximate surface area is 154 Å². The lowest BCUT2D eigenvalue weighted by atomic mass is 10.0. The summed E-state index contributed by atoms with van der Waals surface area (Å²) < 4.78 is 15.8. The number of anilines is 1. The fraction of sp³-hybridized carbons (Fsp3) is 0.222. The van der Waals surface area contributed by atoms with E-state index in [1.54, 1.807) is 0 Å². The van der Waals surface area contributed by atoms with Gasteiger partial charge in [-0.3, -0.25) is 0 Å². The molecule has 8 heteroatoms. The molecule has 0 unspecified atom stereocenters. The smallest absolute Gasteiger partial charge is 0.397 e. The number of nitrogens with two attached hydrogens (primary N) is 2. The van der Waals surface area contributed by atoms with Crippen LogP contribution in [-0.4, -0.2) is 25.3 Å². The van der Waals surface area contributed by atoms with Crippen LogP contribution in [-0.2, 0) is 9.47 Å². The minimum Gasteiger partial charge on any atom is -0.397 e. The predicted octanol–water partition coefficient (Wildman–Crippen LogP) is 3.60. The first-order chi connectivity index (χ1) is 12.4. The number of nitrogen functional groups attached to an aromatic ring is 1. The van der Waals surface area contributed by atoms with Crippen LogP contribution in [0.25, 0.3) is 21.5 Å². The molecule has 136 valence electrons. The van der Waals surface area contributed by atoms with E-state index < -0.39 is 12.4 Å². The number of methoxy groups -OCH3 is 2. The lowest BCUT2D eigenvalue weighted by molar-refractivity contribution is -0.105. The Hall–Kier alpha value is -2.68. The van der Waals surface area contributed by atoms with Crippen LogP contribution in [0.3, 0.4) is 0 Å². The molecule has 0 saturated heterocycles. The molecule has 7 nitrogen and oxygen atoms in total. The van der Waals surface area contributed by atoms with Crippen LogP contribution in [0.4, 0.5) is 10.5 Å². The maximum atomic E-state index is 11.1. The van der Waals surface area contributed by atoms with Gasteiger partial charge in [0.1, 0.15) is 4.83 Å². The Bertz CT molecular complexity index is 949. The highest BCUT2D eigenvalue weighted by Gasteiger charge is 2.23. The van der Waals surface area contributed by atoms with Crippen LogP contribution >= 0.6 is 11.3 Å². The number of fused-ring (bicyclic) bond motifs is 1. The van der Waals surface area contributed by atoms with Crippen LogP contribution in [0, 0.1) is 6.92 Å². The number of hydrogen-bond acceptors (Lipinski definition) is 7. The van der Waals surface area contributed by atoms with E-state index in [1.807, 2.05) is 37.3 Å². The Morgan fingerprint density at radius 2 is 1.85 bits per heavy atom. The number of rotatable bonds is 5. The largest absolute Gasteiger partial charge is 0.410 e. The first-order valence-electron chi connectivity index (χ1n) is 7.77. The quantitative estimate of drug-likeness (QED) is 0.661. The Kier molecular flexibility index (Phi) is 5.08. The highest BCUT2D eigenvalue weighted by molar-refractivity contribution is 7.21. The minimum atomic E-state index is -0.932. The van der Waals surface area contributed by atoms with Gasteiger partial charge >= 0.3 is 6.09 Å². The predicted molar refractivity (Wildman–Crippen MR) is 101 cm³/mol. The first-order valence-corrected chi connectivity index (χ1v) is 8.59. The molecule has 0 spiro atoms. The van der Waals surface area contributed by atoms with Crippen molar-refractivity contribution in [2.24, 2.45) is 5.73 Å². The summed E-state index contributed by atoms with van der Waals surface area (Å²) in [6, 6.07) is 9.85. The molecule has 2 heterocycles. The van der Waals surface area contributed by atoms with Crippen molar-refractivity contribution < 1.29 is 19.0 Å². The molecule has 0 atom stereocenters. The van der Waals surface area contributed by atoms with Gasteiger partial charge in [-0.15, -0.1) is 0 Å². The van der Waals surface area contributed by atoms with Gasteiger partial charge in [-0.05, 0) is 13.0 Å². The van der Waals surface area contributed by atoms with Crippen molar-refractivity contribution in [3.05, 3.63) is 41.5 Å². The topological polar surface area (TPSA) is 110 Å². The van der Waals surface area contributed by atoms with Crippen LogP contribution in [0.2, 0.25) is 0 Å². The van der Waals surface area contributed by atoms with Gasteiger partial charge < -0.3 is 25.7 Å². The molecule has 26 heavy (non-hydrogen) atoms. The monoisotopic (exact) mass is 373 g/mol. The zero-order chi connectivity index (χ0) is 18.8. The summed E-state index contributed by atoms with van der Waals surface area (Å²) in [5.41, 5.74) is 15.1. The number of aromatic nitrogens is 1. The zero-order valence-electron chi connectivity index (χ0n) is 14.6. The summed E-state index contributed by atoms with van der Waals surface area (Å²) >= 11 is 1.15. The Balaban J connectivity index is 2.25. The molecular weight excluding hydrogens is 354 g/mol. The van der Waals surface area contributed by atoms with Crippen LogP contribution in [0.5, 0.6) is 5.06 Å². The van der Waals surface area contributed by atoms with Gasteiger partial charge in [-0.2, -0.15) is 0 Å². The fourth-order valence-electron chi connectivity index (χ4n) is 2.71. The fourth-order valence-corrected chi connectivity index (χ4v) is 3.69. The Morgan fingerprint density at radius 1 is 1.19 bits per heavy atom. The number of carbonyl (C=O) groups is 1. The number of pyridine rings is 1. The number of aryl methyl sites for hydroxylation is 1. The molecule has 1 aromatic carbocycles. The van der Waals surface area contributed by atoms with Crippen molar-refractivity contribution in [1.82, 2.24) is 4.98 Å². The van der Waals surface area contributed by atoms with Crippen molar-refractivity contribution in [1.29, 1.82) is 0 Å². The Morgan fingerprint density at radius 3 is 2.42 bits per heavy atom. The average molecular weight is 373 g/mol. The second kappa shape index (κ2) is 7.28. The number of benzene rings is 1. The van der Waals surface area contributed by atoms with Crippen molar-refractivity contribution in [2.75, 3.05) is 20.0 Å². The summed E-state index contributed by atoms with van der Waals surface area (Å²) in [6.07, 6.45) is -1.58. The molecule has 0 bridgehead atoms. The third-order valence-corrected chi connectivity index (χ3v) is 4.90. The van der Waals surface area contributed by atoms with Crippen LogP contribution < -0.4 is 16.2 Å². The van der Waals surface area contributed by atoms with Crippen molar-refractivity contribution in [3.63, 3.8) is 0 Å². The van der Waals surface area contributed by atoms with E-state index >= 15 is 0 Å². The number of primary amides is 1. The van der Waals surface area contributed by atoms with Crippen molar-refractivity contribution in [2.45, 2.75) is 13.2 Å². The zero-order valence-corrected chi connectivity index (χ0v) is 15.4. The number of amides is 1. The third-order valence-electron chi connectivity index (χ3n) is 3.92. The lowest BCUT2D eigenvalue weighted by Crippen LogP contribution is -2.16. The summed E-state index contributed by atoms with van der Waals surface area (Å²) in [5, 5.41) is 0.823. The summed E-state index contributed by atoms with van der Waals surface area (Å²) in [4.78, 5) is 16.4. The second-order valence-electron chi connectivity index (χ2n) is 5.67. The number of thiophene rings is 1. The van der Waals surface area contributed by atoms with Gasteiger partial charge in [0.2, 0.25) is 5.06 Å². The van der Waals surface area contributed by atoms with E-state index in [0.29, 0.717) is 15.8 Å². The molecule has 0 aliphatic heterocycles. The molecule has 0 saturated carbocycles. The average Bonchev–Trinajstić information content (AvgIpc) is 2.91. The molecule has 0 aliphatic carbocycles.